The van der Waals surface area contributed by atoms with Gasteiger partial charge in [-0.2, -0.15) is 0 Å². The molecule has 3 nitrogen and oxygen atoms in total. The van der Waals surface area contributed by atoms with Crippen LogP contribution < -0.4 is 9.64 Å². The Morgan fingerprint density at radius 3 is 2.62 bits per heavy atom. The minimum atomic E-state index is -0.405. The van der Waals surface area contributed by atoms with Crippen LogP contribution in [-0.2, 0) is 4.79 Å². The fraction of sp³-hybridized carbons (Fsp3) is 0.200. The number of hydrogen-bond donors (Lipinski definition) is 0. The summed E-state index contributed by atoms with van der Waals surface area (Å²) in [7, 11) is 0. The Hall–Kier alpha value is -2.18. The molecule has 1 fully saturated rings. The molecule has 0 atom stereocenters. The molecule has 134 valence electrons. The van der Waals surface area contributed by atoms with Gasteiger partial charge < -0.3 is 4.74 Å². The SMILES string of the molecule is CC(C)COc1ccc(/C=C2/SC(=S)N(c3cccc(F)c3)C2=O)cc1. The van der Waals surface area contributed by atoms with Gasteiger partial charge in [0, 0.05) is 0 Å². The minimum Gasteiger partial charge on any atom is -0.493 e. The maximum Gasteiger partial charge on any atom is 0.270 e. The van der Waals surface area contributed by atoms with E-state index in [-0.39, 0.29) is 5.91 Å². The Morgan fingerprint density at radius 2 is 1.96 bits per heavy atom. The van der Waals surface area contributed by atoms with Crippen molar-refractivity contribution in [2.24, 2.45) is 5.92 Å². The standard InChI is InChI=1S/C20H18FNO2S2/c1-13(2)12-24-17-8-6-14(7-9-17)10-18-19(23)22(20(25)26-18)16-5-3-4-15(21)11-16/h3-11,13H,12H2,1-2H3/b18-10+. The van der Waals surface area contributed by atoms with Gasteiger partial charge in [-0.1, -0.05) is 56.0 Å². The second-order valence-corrected chi connectivity index (χ2v) is 7.95. The number of carbonyl (C=O) groups excluding carboxylic acids is 1. The summed E-state index contributed by atoms with van der Waals surface area (Å²) >= 11 is 6.51. The van der Waals surface area contributed by atoms with Crippen LogP contribution in [-0.4, -0.2) is 16.8 Å². The Morgan fingerprint density at radius 1 is 1.23 bits per heavy atom. The highest BCUT2D eigenvalue weighted by Gasteiger charge is 2.33. The lowest BCUT2D eigenvalue weighted by Gasteiger charge is -2.14. The highest BCUT2D eigenvalue weighted by Crippen LogP contribution is 2.36. The normalized spacial score (nSPS) is 16.0. The van der Waals surface area contributed by atoms with Gasteiger partial charge in [-0.15, -0.1) is 0 Å². The molecule has 0 radical (unpaired) electrons. The third-order valence-corrected chi connectivity index (χ3v) is 4.92. The highest BCUT2D eigenvalue weighted by atomic mass is 32.2. The van der Waals surface area contributed by atoms with E-state index in [1.807, 2.05) is 24.3 Å². The van der Waals surface area contributed by atoms with Crippen LogP contribution in [0, 0.1) is 11.7 Å². The fourth-order valence-corrected chi connectivity index (χ4v) is 3.68. The number of carbonyl (C=O) groups is 1. The molecule has 2 aromatic rings. The molecular weight excluding hydrogens is 369 g/mol. The van der Waals surface area contributed by atoms with Crippen molar-refractivity contribution < 1.29 is 13.9 Å². The zero-order valence-corrected chi connectivity index (χ0v) is 16.1. The molecule has 1 aliphatic rings. The van der Waals surface area contributed by atoms with E-state index in [4.69, 9.17) is 17.0 Å². The van der Waals surface area contributed by atoms with Crippen molar-refractivity contribution in [2.75, 3.05) is 11.5 Å². The second-order valence-electron chi connectivity index (χ2n) is 6.27. The van der Waals surface area contributed by atoms with Crippen LogP contribution in [0.3, 0.4) is 0 Å². The van der Waals surface area contributed by atoms with Crippen molar-refractivity contribution in [3.63, 3.8) is 0 Å². The average molecular weight is 388 g/mol. The summed E-state index contributed by atoms with van der Waals surface area (Å²) in [6, 6.07) is 13.4. The van der Waals surface area contributed by atoms with Gasteiger partial charge in [-0.25, -0.2) is 4.39 Å². The topological polar surface area (TPSA) is 29.5 Å². The monoisotopic (exact) mass is 387 g/mol. The largest absolute Gasteiger partial charge is 0.493 e. The Kier molecular flexibility index (Phi) is 5.74. The van der Waals surface area contributed by atoms with E-state index >= 15 is 0 Å². The molecule has 0 saturated carbocycles. The smallest absolute Gasteiger partial charge is 0.270 e. The van der Waals surface area contributed by atoms with E-state index in [1.165, 1.54) is 28.8 Å². The van der Waals surface area contributed by atoms with Gasteiger partial charge in [0.1, 0.15) is 11.6 Å². The summed E-state index contributed by atoms with van der Waals surface area (Å²) in [6.07, 6.45) is 1.78. The van der Waals surface area contributed by atoms with Crippen molar-refractivity contribution >= 4 is 46.0 Å². The third kappa shape index (κ3) is 4.31. The van der Waals surface area contributed by atoms with Crippen molar-refractivity contribution in [3.8, 4) is 5.75 Å². The van der Waals surface area contributed by atoms with E-state index in [1.54, 1.807) is 18.2 Å². The summed E-state index contributed by atoms with van der Waals surface area (Å²) in [5, 5.41) is 0. The molecule has 0 aliphatic carbocycles. The lowest BCUT2D eigenvalue weighted by molar-refractivity contribution is -0.113. The van der Waals surface area contributed by atoms with E-state index in [0.717, 1.165) is 11.3 Å². The zero-order chi connectivity index (χ0) is 18.7. The quantitative estimate of drug-likeness (QED) is 0.517. The lowest BCUT2D eigenvalue weighted by Crippen LogP contribution is -2.27. The number of nitrogens with zero attached hydrogens (tertiary/aromatic N) is 1. The number of rotatable bonds is 5. The van der Waals surface area contributed by atoms with Crippen LogP contribution in [0.2, 0.25) is 0 Å². The zero-order valence-electron chi connectivity index (χ0n) is 14.4. The van der Waals surface area contributed by atoms with E-state index in [0.29, 0.717) is 27.4 Å². The predicted molar refractivity (Wildman–Crippen MR) is 109 cm³/mol. The molecular formula is C20H18FNO2S2. The molecule has 1 heterocycles. The second kappa shape index (κ2) is 8.01. The number of amides is 1. The first-order chi connectivity index (χ1) is 12.4. The Balaban J connectivity index is 1.77. The number of benzene rings is 2. The van der Waals surface area contributed by atoms with Gasteiger partial charge in [-0.3, -0.25) is 9.69 Å². The molecule has 1 saturated heterocycles. The van der Waals surface area contributed by atoms with Gasteiger partial charge >= 0.3 is 0 Å². The summed E-state index contributed by atoms with van der Waals surface area (Å²) < 4.78 is 19.5. The van der Waals surface area contributed by atoms with Crippen LogP contribution in [0.5, 0.6) is 5.75 Å². The predicted octanol–water partition coefficient (Wildman–Crippen LogP) is 5.27. The molecule has 0 unspecified atom stereocenters. The van der Waals surface area contributed by atoms with Crippen LogP contribution >= 0.6 is 24.0 Å². The van der Waals surface area contributed by atoms with E-state index < -0.39 is 5.82 Å². The van der Waals surface area contributed by atoms with Crippen molar-refractivity contribution in [3.05, 3.63) is 64.8 Å². The first-order valence-corrected chi connectivity index (χ1v) is 9.43. The van der Waals surface area contributed by atoms with Crippen LogP contribution in [0.15, 0.2) is 53.4 Å². The van der Waals surface area contributed by atoms with Crippen molar-refractivity contribution in [1.29, 1.82) is 0 Å². The average Bonchev–Trinajstić information content (AvgIpc) is 2.88. The van der Waals surface area contributed by atoms with Crippen LogP contribution in [0.25, 0.3) is 6.08 Å². The lowest BCUT2D eigenvalue weighted by atomic mass is 10.2. The van der Waals surface area contributed by atoms with Gasteiger partial charge in [-0.05, 0) is 47.9 Å². The van der Waals surface area contributed by atoms with Crippen molar-refractivity contribution in [2.45, 2.75) is 13.8 Å². The van der Waals surface area contributed by atoms with Gasteiger partial charge in [0.25, 0.3) is 5.91 Å². The molecule has 0 bridgehead atoms. The molecule has 3 rings (SSSR count). The summed E-state index contributed by atoms with van der Waals surface area (Å²) in [6.45, 7) is 4.84. The first kappa shape index (κ1) is 18.6. The maximum absolute atomic E-state index is 13.5. The Bertz CT molecular complexity index is 862. The van der Waals surface area contributed by atoms with Gasteiger partial charge in [0.2, 0.25) is 0 Å². The summed E-state index contributed by atoms with van der Waals surface area (Å²) in [5.41, 5.74) is 1.31. The van der Waals surface area contributed by atoms with Crippen LogP contribution in [0.1, 0.15) is 19.4 Å². The van der Waals surface area contributed by atoms with Crippen molar-refractivity contribution in [1.82, 2.24) is 0 Å². The fourth-order valence-electron chi connectivity index (χ4n) is 2.38. The molecule has 2 aromatic carbocycles. The minimum absolute atomic E-state index is 0.245. The number of thioether (sulfide) groups is 1. The molecule has 1 amide bonds. The molecule has 6 heteroatoms. The maximum atomic E-state index is 13.5. The molecule has 0 N–H and O–H groups in total. The van der Waals surface area contributed by atoms with Gasteiger partial charge in [0.15, 0.2) is 4.32 Å². The third-order valence-electron chi connectivity index (χ3n) is 3.62. The van der Waals surface area contributed by atoms with E-state index in [2.05, 4.69) is 13.8 Å². The molecule has 26 heavy (non-hydrogen) atoms. The first-order valence-electron chi connectivity index (χ1n) is 8.20. The number of halogens is 1. The number of ether oxygens (including phenoxy) is 1. The van der Waals surface area contributed by atoms with Crippen LogP contribution in [0.4, 0.5) is 10.1 Å². The summed E-state index contributed by atoms with van der Waals surface area (Å²) in [5.74, 6) is 0.602. The summed E-state index contributed by atoms with van der Waals surface area (Å²) in [4.78, 5) is 14.5. The Labute approximate surface area is 161 Å². The number of hydrogen-bond acceptors (Lipinski definition) is 4. The van der Waals surface area contributed by atoms with Gasteiger partial charge in [0.05, 0.1) is 17.2 Å². The molecule has 0 aromatic heterocycles. The molecule has 0 spiro atoms. The van der Waals surface area contributed by atoms with E-state index in [9.17, 15) is 9.18 Å². The molecule has 1 aliphatic heterocycles. The number of anilines is 1. The number of thiocarbonyl (C=S) groups is 1. The highest BCUT2D eigenvalue weighted by molar-refractivity contribution is 8.27.